The molecular weight excluding hydrogens is 146 g/mol. The van der Waals surface area contributed by atoms with Crippen molar-refractivity contribution in [1.82, 2.24) is 5.32 Å². The van der Waals surface area contributed by atoms with Crippen LogP contribution in [0.5, 0.6) is 0 Å². The van der Waals surface area contributed by atoms with E-state index >= 15 is 0 Å². The Labute approximate surface area is 67.7 Å². The molecule has 1 aliphatic rings. The summed E-state index contributed by atoms with van der Waals surface area (Å²) in [4.78, 5) is 0. The lowest BCUT2D eigenvalue weighted by Gasteiger charge is -2.24. The molecule has 1 N–H and O–H groups in total. The summed E-state index contributed by atoms with van der Waals surface area (Å²) in [6.07, 6.45) is 1.44. The molecule has 0 aromatic rings. The zero-order valence-corrected chi connectivity index (χ0v) is 7.23. The molecule has 0 radical (unpaired) electrons. The third kappa shape index (κ3) is 2.90. The normalized spacial score (nSPS) is 30.0. The molecule has 0 saturated carbocycles. The molecule has 1 aliphatic heterocycles. The molecule has 0 spiro atoms. The van der Waals surface area contributed by atoms with Crippen molar-refractivity contribution < 1.29 is 4.74 Å². The molecule has 1 heterocycles. The molecule has 0 aromatic carbocycles. The minimum absolute atomic E-state index is 0.390. The monoisotopic (exact) mass is 161 g/mol. The minimum Gasteiger partial charge on any atom is -0.376 e. The van der Waals surface area contributed by atoms with Gasteiger partial charge in [0.25, 0.3) is 0 Å². The summed E-state index contributed by atoms with van der Waals surface area (Å²) >= 11 is 4.30. The van der Waals surface area contributed by atoms with E-state index in [1.807, 2.05) is 0 Å². The van der Waals surface area contributed by atoms with Crippen molar-refractivity contribution in [2.75, 3.05) is 19.7 Å². The summed E-state index contributed by atoms with van der Waals surface area (Å²) in [7, 11) is 0. The van der Waals surface area contributed by atoms with Crippen LogP contribution in [0.25, 0.3) is 0 Å². The van der Waals surface area contributed by atoms with Gasteiger partial charge >= 0.3 is 0 Å². The molecule has 1 saturated heterocycles. The molecule has 2 atom stereocenters. The maximum absolute atomic E-state index is 5.48. The van der Waals surface area contributed by atoms with Gasteiger partial charge in [0.05, 0.1) is 12.7 Å². The lowest BCUT2D eigenvalue weighted by molar-refractivity contribution is 0.0242. The highest BCUT2D eigenvalue weighted by Crippen LogP contribution is 2.08. The van der Waals surface area contributed by atoms with Gasteiger partial charge in [0.2, 0.25) is 0 Å². The average molecular weight is 161 g/mol. The summed E-state index contributed by atoms with van der Waals surface area (Å²) < 4.78 is 5.48. The van der Waals surface area contributed by atoms with Crippen LogP contribution >= 0.6 is 12.6 Å². The molecule has 0 aliphatic carbocycles. The van der Waals surface area contributed by atoms with Gasteiger partial charge in [-0.3, -0.25) is 0 Å². The van der Waals surface area contributed by atoms with Gasteiger partial charge in [0.15, 0.2) is 0 Å². The molecule has 0 aromatic heterocycles. The van der Waals surface area contributed by atoms with Crippen LogP contribution in [0.4, 0.5) is 0 Å². The smallest absolute Gasteiger partial charge is 0.0710 e. The van der Waals surface area contributed by atoms with Gasteiger partial charge in [-0.2, -0.15) is 12.6 Å². The number of nitrogens with one attached hydrogen (secondary N) is 1. The quantitative estimate of drug-likeness (QED) is 0.581. The number of hydrogen-bond acceptors (Lipinski definition) is 3. The first kappa shape index (κ1) is 8.37. The number of morpholine rings is 1. The highest BCUT2D eigenvalue weighted by atomic mass is 32.1. The van der Waals surface area contributed by atoms with Crippen molar-refractivity contribution in [3.05, 3.63) is 0 Å². The van der Waals surface area contributed by atoms with E-state index in [-0.39, 0.29) is 0 Å². The van der Waals surface area contributed by atoms with Crippen LogP contribution in [0.1, 0.15) is 13.3 Å². The van der Waals surface area contributed by atoms with Crippen LogP contribution < -0.4 is 5.32 Å². The zero-order valence-electron chi connectivity index (χ0n) is 6.34. The van der Waals surface area contributed by atoms with E-state index in [1.54, 1.807) is 0 Å². The Morgan fingerprint density at radius 3 is 3.10 bits per heavy atom. The second-order valence-electron chi connectivity index (χ2n) is 2.78. The summed E-state index contributed by atoms with van der Waals surface area (Å²) in [6.45, 7) is 4.94. The van der Waals surface area contributed by atoms with Crippen LogP contribution in [0.2, 0.25) is 0 Å². The molecule has 1 rings (SSSR count). The minimum atomic E-state index is 0.390. The molecular formula is C7H15NOS. The van der Waals surface area contributed by atoms with Gasteiger partial charge in [-0.1, -0.05) is 6.92 Å². The van der Waals surface area contributed by atoms with Crippen LogP contribution in [-0.4, -0.2) is 31.1 Å². The SMILES string of the molecule is C[C@H](S)CC1CNCCO1. The van der Waals surface area contributed by atoms with Crippen LogP contribution in [0, 0.1) is 0 Å². The lowest BCUT2D eigenvalue weighted by Crippen LogP contribution is -2.39. The number of thiol groups is 1. The molecule has 1 unspecified atom stereocenters. The standard InChI is InChI=1S/C7H15NOS/c1-6(10)4-7-5-8-2-3-9-7/h6-8,10H,2-5H2,1H3/t6-,7?/m0/s1. The Morgan fingerprint density at radius 1 is 1.80 bits per heavy atom. The summed E-state index contributed by atoms with van der Waals surface area (Å²) in [5.74, 6) is 0. The van der Waals surface area contributed by atoms with Crippen LogP contribution in [-0.2, 0) is 4.74 Å². The Hall–Kier alpha value is 0.270. The maximum atomic E-state index is 5.48. The van der Waals surface area contributed by atoms with Crippen molar-refractivity contribution >= 4 is 12.6 Å². The van der Waals surface area contributed by atoms with E-state index in [9.17, 15) is 0 Å². The van der Waals surface area contributed by atoms with E-state index in [0.29, 0.717) is 11.4 Å². The third-order valence-corrected chi connectivity index (χ3v) is 1.82. The predicted octanol–water partition coefficient (Wildman–Crippen LogP) is 0.683. The second-order valence-corrected chi connectivity index (χ2v) is 3.66. The number of hydrogen-bond donors (Lipinski definition) is 2. The first-order valence-corrected chi connectivity index (χ1v) is 4.31. The molecule has 0 amide bonds. The molecule has 60 valence electrons. The fraction of sp³-hybridized carbons (Fsp3) is 1.00. The molecule has 0 bridgehead atoms. The third-order valence-electron chi connectivity index (χ3n) is 1.61. The van der Waals surface area contributed by atoms with Gasteiger partial charge in [-0.15, -0.1) is 0 Å². The van der Waals surface area contributed by atoms with Gasteiger partial charge in [0.1, 0.15) is 0 Å². The number of rotatable bonds is 2. The van der Waals surface area contributed by atoms with Gasteiger partial charge in [-0.05, 0) is 6.42 Å². The highest BCUT2D eigenvalue weighted by molar-refractivity contribution is 7.80. The van der Waals surface area contributed by atoms with Crippen molar-refractivity contribution in [3.63, 3.8) is 0 Å². The van der Waals surface area contributed by atoms with E-state index in [4.69, 9.17) is 4.74 Å². The Balaban J connectivity index is 2.13. The fourth-order valence-corrected chi connectivity index (χ4v) is 1.39. The Bertz CT molecular complexity index is 91.6. The van der Waals surface area contributed by atoms with Crippen molar-refractivity contribution in [3.8, 4) is 0 Å². The zero-order chi connectivity index (χ0) is 7.40. The predicted molar refractivity (Wildman–Crippen MR) is 45.7 cm³/mol. The van der Waals surface area contributed by atoms with E-state index in [1.165, 1.54) is 0 Å². The molecule has 1 fully saturated rings. The number of ether oxygens (including phenoxy) is 1. The van der Waals surface area contributed by atoms with Crippen LogP contribution in [0.15, 0.2) is 0 Å². The first-order valence-electron chi connectivity index (χ1n) is 3.79. The second kappa shape index (κ2) is 4.21. The van der Waals surface area contributed by atoms with Crippen molar-refractivity contribution in [2.24, 2.45) is 0 Å². The van der Waals surface area contributed by atoms with E-state index in [2.05, 4.69) is 24.9 Å². The van der Waals surface area contributed by atoms with E-state index < -0.39 is 0 Å². The molecule has 10 heavy (non-hydrogen) atoms. The summed E-state index contributed by atoms with van der Waals surface area (Å²) in [5.41, 5.74) is 0. The fourth-order valence-electron chi connectivity index (χ4n) is 1.15. The Kier molecular flexibility index (Phi) is 3.52. The highest BCUT2D eigenvalue weighted by Gasteiger charge is 2.14. The van der Waals surface area contributed by atoms with Crippen molar-refractivity contribution in [2.45, 2.75) is 24.7 Å². The maximum Gasteiger partial charge on any atom is 0.0710 e. The topological polar surface area (TPSA) is 21.3 Å². The summed E-state index contributed by atoms with van der Waals surface area (Å²) in [5, 5.41) is 3.73. The largest absolute Gasteiger partial charge is 0.376 e. The summed E-state index contributed by atoms with van der Waals surface area (Å²) in [6, 6.07) is 0. The first-order chi connectivity index (χ1) is 4.79. The van der Waals surface area contributed by atoms with E-state index in [0.717, 1.165) is 26.1 Å². The lowest BCUT2D eigenvalue weighted by atomic mass is 10.2. The van der Waals surface area contributed by atoms with Crippen LogP contribution in [0.3, 0.4) is 0 Å². The Morgan fingerprint density at radius 2 is 2.60 bits per heavy atom. The van der Waals surface area contributed by atoms with Gasteiger partial charge < -0.3 is 10.1 Å². The molecule has 2 nitrogen and oxygen atoms in total. The van der Waals surface area contributed by atoms with Crippen molar-refractivity contribution in [1.29, 1.82) is 0 Å². The molecule has 3 heteroatoms. The average Bonchev–Trinajstić information content (AvgIpc) is 1.88. The van der Waals surface area contributed by atoms with Gasteiger partial charge in [0, 0.05) is 18.3 Å². The van der Waals surface area contributed by atoms with Gasteiger partial charge in [-0.25, -0.2) is 0 Å².